The van der Waals surface area contributed by atoms with E-state index in [2.05, 4.69) is 40.4 Å². The molecule has 0 bridgehead atoms. The van der Waals surface area contributed by atoms with E-state index < -0.39 is 5.97 Å². The van der Waals surface area contributed by atoms with Crippen LogP contribution in [0.15, 0.2) is 22.7 Å². The Morgan fingerprint density at radius 3 is 2.58 bits per heavy atom. The normalized spacial score (nSPS) is 19.6. The fraction of sp³-hybridized carbons (Fsp3) is 0.385. The maximum atomic E-state index is 11.8. The molecule has 0 aromatic heterocycles. The summed E-state index contributed by atoms with van der Waals surface area (Å²) in [6.45, 7) is 4.14. The highest BCUT2D eigenvalue weighted by Crippen LogP contribution is 2.44. The van der Waals surface area contributed by atoms with Crippen LogP contribution in [-0.2, 0) is 0 Å². The first-order valence-electron chi connectivity index (χ1n) is 5.90. The minimum absolute atomic E-state index is 0.0633. The van der Waals surface area contributed by atoms with Gasteiger partial charge in [-0.05, 0) is 30.0 Å². The van der Waals surface area contributed by atoms with Gasteiger partial charge in [0.25, 0.3) is 0 Å². The average Bonchev–Trinajstić information content (AvgIpc) is 2.84. The zero-order chi connectivity index (χ0) is 14.2. The van der Waals surface area contributed by atoms with Crippen LogP contribution in [0.25, 0.3) is 0 Å². The van der Waals surface area contributed by atoms with Crippen molar-refractivity contribution in [2.75, 3.05) is 5.32 Å². The number of nitrogens with one attached hydrogen (secondary N) is 2. The van der Waals surface area contributed by atoms with Crippen molar-refractivity contribution in [3.63, 3.8) is 0 Å². The highest BCUT2D eigenvalue weighted by Gasteiger charge is 2.46. The van der Waals surface area contributed by atoms with Crippen molar-refractivity contribution in [2.24, 2.45) is 5.41 Å². The van der Waals surface area contributed by atoms with Gasteiger partial charge in [0.15, 0.2) is 0 Å². The second-order valence-corrected chi connectivity index (χ2v) is 6.25. The monoisotopic (exact) mass is 326 g/mol. The Morgan fingerprint density at radius 2 is 2.05 bits per heavy atom. The summed E-state index contributed by atoms with van der Waals surface area (Å²) < 4.78 is 0.708. The number of urea groups is 1. The summed E-state index contributed by atoms with van der Waals surface area (Å²) in [6, 6.07) is 4.41. The van der Waals surface area contributed by atoms with E-state index in [0.717, 1.165) is 6.42 Å². The summed E-state index contributed by atoms with van der Waals surface area (Å²) in [5, 5.41) is 14.5. The summed E-state index contributed by atoms with van der Waals surface area (Å²) >= 11 is 3.25. The fourth-order valence-corrected chi connectivity index (χ4v) is 2.20. The number of amides is 2. The van der Waals surface area contributed by atoms with Crippen LogP contribution in [0.3, 0.4) is 0 Å². The molecule has 6 heteroatoms. The Kier molecular flexibility index (Phi) is 3.54. The quantitative estimate of drug-likeness (QED) is 0.798. The van der Waals surface area contributed by atoms with Gasteiger partial charge in [0.05, 0.1) is 11.3 Å². The van der Waals surface area contributed by atoms with E-state index in [-0.39, 0.29) is 28.7 Å². The summed E-state index contributed by atoms with van der Waals surface area (Å²) in [5.41, 5.74) is 0.468. The van der Waals surface area contributed by atoms with E-state index in [1.165, 1.54) is 6.07 Å². The minimum Gasteiger partial charge on any atom is -0.478 e. The van der Waals surface area contributed by atoms with Crippen molar-refractivity contribution < 1.29 is 14.7 Å². The van der Waals surface area contributed by atoms with E-state index in [1.54, 1.807) is 12.1 Å². The predicted octanol–water partition coefficient (Wildman–Crippen LogP) is 3.07. The highest BCUT2D eigenvalue weighted by atomic mass is 79.9. The molecule has 0 saturated heterocycles. The van der Waals surface area contributed by atoms with Crippen LogP contribution < -0.4 is 10.6 Å². The Bertz CT molecular complexity index is 543. The van der Waals surface area contributed by atoms with Crippen molar-refractivity contribution in [2.45, 2.75) is 26.3 Å². The summed E-state index contributed by atoms with van der Waals surface area (Å²) in [6.07, 6.45) is 0.935. The van der Waals surface area contributed by atoms with Gasteiger partial charge < -0.3 is 15.7 Å². The maximum absolute atomic E-state index is 11.8. The van der Waals surface area contributed by atoms with Gasteiger partial charge in [-0.15, -0.1) is 0 Å². The topological polar surface area (TPSA) is 78.4 Å². The van der Waals surface area contributed by atoms with Gasteiger partial charge in [-0.2, -0.15) is 0 Å². The maximum Gasteiger partial charge on any atom is 0.337 e. The van der Waals surface area contributed by atoms with Crippen molar-refractivity contribution >= 4 is 33.6 Å². The molecule has 1 aromatic rings. The summed E-state index contributed by atoms with van der Waals surface area (Å²) in [5.74, 6) is -1.07. The number of carboxylic acid groups (broad SMARTS) is 1. The lowest BCUT2D eigenvalue weighted by Crippen LogP contribution is -2.33. The molecule has 1 aliphatic carbocycles. The number of hydrogen-bond donors (Lipinski definition) is 3. The van der Waals surface area contributed by atoms with Crippen molar-refractivity contribution in [3.05, 3.63) is 28.2 Å². The Labute approximate surface area is 119 Å². The van der Waals surface area contributed by atoms with Gasteiger partial charge in [0.1, 0.15) is 0 Å². The summed E-state index contributed by atoms with van der Waals surface area (Å²) in [4.78, 5) is 22.9. The first-order valence-corrected chi connectivity index (χ1v) is 6.69. The van der Waals surface area contributed by atoms with Gasteiger partial charge in [0, 0.05) is 10.5 Å². The van der Waals surface area contributed by atoms with Crippen LogP contribution in [0.2, 0.25) is 0 Å². The van der Waals surface area contributed by atoms with Crippen LogP contribution in [0.4, 0.5) is 10.5 Å². The van der Waals surface area contributed by atoms with Crippen LogP contribution in [-0.4, -0.2) is 23.1 Å². The molecule has 1 aromatic carbocycles. The number of aromatic carboxylic acids is 1. The van der Waals surface area contributed by atoms with Crippen LogP contribution in [0.1, 0.15) is 30.6 Å². The van der Waals surface area contributed by atoms with E-state index in [4.69, 9.17) is 5.11 Å². The van der Waals surface area contributed by atoms with Gasteiger partial charge in [-0.3, -0.25) is 0 Å². The van der Waals surface area contributed by atoms with Crippen LogP contribution in [0, 0.1) is 5.41 Å². The molecule has 1 atom stereocenters. The number of anilines is 1. The molecule has 5 nitrogen and oxygen atoms in total. The number of rotatable bonds is 3. The third-order valence-corrected chi connectivity index (χ3v) is 3.77. The molecule has 3 N–H and O–H groups in total. The molecular formula is C13H15BrN2O3. The van der Waals surface area contributed by atoms with Gasteiger partial charge >= 0.3 is 12.0 Å². The number of hydrogen-bond acceptors (Lipinski definition) is 2. The smallest absolute Gasteiger partial charge is 0.337 e. The van der Waals surface area contributed by atoms with E-state index in [0.29, 0.717) is 4.47 Å². The molecule has 0 spiro atoms. The lowest BCUT2D eigenvalue weighted by atomic mass is 10.2. The second kappa shape index (κ2) is 4.85. The van der Waals surface area contributed by atoms with Gasteiger partial charge in [0.2, 0.25) is 0 Å². The molecule has 1 aliphatic rings. The molecule has 2 rings (SSSR count). The standard InChI is InChI=1S/C13H15BrN2O3/c1-13(2)6-10(13)16-12(19)15-9-5-7(14)3-4-8(9)11(17)18/h3-5,10H,6H2,1-2H3,(H,17,18)(H2,15,16,19). The van der Waals surface area contributed by atoms with Crippen molar-refractivity contribution in [1.82, 2.24) is 5.32 Å². The molecule has 0 radical (unpaired) electrons. The zero-order valence-electron chi connectivity index (χ0n) is 10.7. The number of benzene rings is 1. The Balaban J connectivity index is 2.08. The lowest BCUT2D eigenvalue weighted by Gasteiger charge is -2.11. The third kappa shape index (κ3) is 3.26. The number of carbonyl (C=O) groups is 2. The molecule has 102 valence electrons. The predicted molar refractivity (Wildman–Crippen MR) is 75.4 cm³/mol. The SMILES string of the molecule is CC1(C)CC1NC(=O)Nc1cc(Br)ccc1C(=O)O. The first-order chi connectivity index (χ1) is 8.79. The van der Waals surface area contributed by atoms with Crippen molar-refractivity contribution in [3.8, 4) is 0 Å². The van der Waals surface area contributed by atoms with E-state index >= 15 is 0 Å². The van der Waals surface area contributed by atoms with Crippen LogP contribution in [0.5, 0.6) is 0 Å². The zero-order valence-corrected chi connectivity index (χ0v) is 12.2. The fourth-order valence-electron chi connectivity index (χ4n) is 1.84. The van der Waals surface area contributed by atoms with Gasteiger partial charge in [-0.1, -0.05) is 29.8 Å². The Morgan fingerprint density at radius 1 is 1.42 bits per heavy atom. The number of halogens is 1. The molecule has 19 heavy (non-hydrogen) atoms. The Hall–Kier alpha value is -1.56. The number of carbonyl (C=O) groups excluding carboxylic acids is 1. The molecule has 0 aliphatic heterocycles. The van der Waals surface area contributed by atoms with E-state index in [1.807, 2.05) is 0 Å². The average molecular weight is 327 g/mol. The lowest BCUT2D eigenvalue weighted by molar-refractivity contribution is 0.0698. The van der Waals surface area contributed by atoms with Crippen LogP contribution >= 0.6 is 15.9 Å². The largest absolute Gasteiger partial charge is 0.478 e. The molecule has 0 heterocycles. The molecule has 2 amide bonds. The number of carboxylic acids is 1. The van der Waals surface area contributed by atoms with E-state index in [9.17, 15) is 9.59 Å². The molecule has 1 fully saturated rings. The molecule has 1 saturated carbocycles. The molecule has 1 unspecified atom stereocenters. The second-order valence-electron chi connectivity index (χ2n) is 5.34. The highest BCUT2D eigenvalue weighted by molar-refractivity contribution is 9.10. The van der Waals surface area contributed by atoms with Gasteiger partial charge in [-0.25, -0.2) is 9.59 Å². The first kappa shape index (κ1) is 13.9. The third-order valence-electron chi connectivity index (χ3n) is 3.28. The minimum atomic E-state index is -1.07. The van der Waals surface area contributed by atoms with Crippen molar-refractivity contribution in [1.29, 1.82) is 0 Å². The molecular weight excluding hydrogens is 312 g/mol. The summed E-state index contributed by atoms with van der Waals surface area (Å²) in [7, 11) is 0.